The zero-order chi connectivity index (χ0) is 12.1. The number of hydrogen-bond donors (Lipinski definition) is 1. The average molecular weight is 231 g/mol. The third-order valence-corrected chi connectivity index (χ3v) is 3.43. The van der Waals surface area contributed by atoms with Crippen LogP contribution in [0.25, 0.3) is 0 Å². The number of ether oxygens (including phenoxy) is 1. The predicted octanol–water partition coefficient (Wildman–Crippen LogP) is 2.36. The quantitative estimate of drug-likeness (QED) is 0.868. The van der Waals surface area contributed by atoms with Crippen LogP contribution in [0.5, 0.6) is 0 Å². The van der Waals surface area contributed by atoms with Crippen LogP contribution in [0.15, 0.2) is 30.3 Å². The smallest absolute Gasteiger partial charge is 0.134 e. The van der Waals surface area contributed by atoms with E-state index >= 15 is 0 Å². The molecule has 90 valence electrons. The lowest BCUT2D eigenvalue weighted by Crippen LogP contribution is -2.43. The first-order valence-electron chi connectivity index (χ1n) is 6.04. The highest BCUT2D eigenvalue weighted by Gasteiger charge is 2.41. The topological polar surface area (TPSA) is 53.2 Å². The summed E-state index contributed by atoms with van der Waals surface area (Å²) in [5.74, 6) is 0. The molecule has 1 aliphatic carbocycles. The monoisotopic (exact) mass is 231 g/mol. The van der Waals surface area contributed by atoms with Crippen molar-refractivity contribution in [2.45, 2.75) is 37.4 Å². The first kappa shape index (κ1) is 12.1. The number of aliphatic hydroxyl groups is 1. The largest absolute Gasteiger partial charge is 0.382 e. The lowest BCUT2D eigenvalue weighted by atomic mass is 9.77. The number of rotatable bonds is 3. The summed E-state index contributed by atoms with van der Waals surface area (Å²) >= 11 is 0. The molecule has 1 N–H and O–H groups in total. The van der Waals surface area contributed by atoms with Crippen molar-refractivity contribution >= 4 is 0 Å². The van der Waals surface area contributed by atoms with Crippen molar-refractivity contribution in [3.8, 4) is 6.07 Å². The van der Waals surface area contributed by atoms with Crippen LogP contribution in [0.2, 0.25) is 0 Å². The Balaban J connectivity index is 2.22. The van der Waals surface area contributed by atoms with E-state index in [2.05, 4.69) is 0 Å². The molecule has 1 fully saturated rings. The molecule has 1 aromatic rings. The van der Waals surface area contributed by atoms with Gasteiger partial charge in [0.2, 0.25) is 0 Å². The summed E-state index contributed by atoms with van der Waals surface area (Å²) in [7, 11) is 0. The molecule has 0 spiro atoms. The molecule has 0 heterocycles. The Morgan fingerprint density at radius 3 is 2.82 bits per heavy atom. The van der Waals surface area contributed by atoms with E-state index in [0.717, 1.165) is 24.8 Å². The van der Waals surface area contributed by atoms with Crippen molar-refractivity contribution in [2.75, 3.05) is 6.61 Å². The summed E-state index contributed by atoms with van der Waals surface area (Å²) in [5, 5.41) is 19.4. The molecule has 1 aromatic carbocycles. The minimum Gasteiger partial charge on any atom is -0.382 e. The maximum atomic E-state index is 10.8. The Bertz CT molecular complexity index is 398. The first-order chi connectivity index (χ1) is 8.27. The third kappa shape index (κ3) is 2.49. The minimum atomic E-state index is -0.934. The molecule has 1 aliphatic rings. The number of nitriles is 1. The maximum Gasteiger partial charge on any atom is 0.134 e. The average Bonchev–Trinajstić information content (AvgIpc) is 2.39. The summed E-state index contributed by atoms with van der Waals surface area (Å²) in [6.45, 7) is 0.0415. The molecule has 2 atom stereocenters. The summed E-state index contributed by atoms with van der Waals surface area (Å²) in [5.41, 5.74) is -0.0428. The van der Waals surface area contributed by atoms with Gasteiger partial charge in [0.05, 0.1) is 12.2 Å². The molecular formula is C14H17NO2. The standard InChI is InChI=1S/C14H17NO2/c15-10-11-17-13-8-4-5-9-14(13,16)12-6-2-1-3-7-12/h1-3,6-7,13,16H,4-5,8-9,11H2. The van der Waals surface area contributed by atoms with Crippen LogP contribution in [-0.2, 0) is 10.3 Å². The molecular weight excluding hydrogens is 214 g/mol. The van der Waals surface area contributed by atoms with Crippen LogP contribution in [0.4, 0.5) is 0 Å². The zero-order valence-electron chi connectivity index (χ0n) is 9.80. The van der Waals surface area contributed by atoms with E-state index in [1.807, 2.05) is 36.4 Å². The zero-order valence-corrected chi connectivity index (χ0v) is 9.80. The van der Waals surface area contributed by atoms with Gasteiger partial charge in [-0.15, -0.1) is 0 Å². The lowest BCUT2D eigenvalue weighted by molar-refractivity contribution is -0.130. The third-order valence-electron chi connectivity index (χ3n) is 3.43. The number of hydrogen-bond acceptors (Lipinski definition) is 3. The Labute approximate surface area is 102 Å². The first-order valence-corrected chi connectivity index (χ1v) is 6.04. The molecule has 0 aliphatic heterocycles. The van der Waals surface area contributed by atoms with Gasteiger partial charge in [0.25, 0.3) is 0 Å². The van der Waals surface area contributed by atoms with Crippen molar-refractivity contribution in [1.29, 1.82) is 5.26 Å². The van der Waals surface area contributed by atoms with E-state index in [0.29, 0.717) is 6.42 Å². The second-order valence-electron chi connectivity index (χ2n) is 4.49. The van der Waals surface area contributed by atoms with Gasteiger partial charge in [-0.05, 0) is 18.4 Å². The fourth-order valence-electron chi connectivity index (χ4n) is 2.54. The fourth-order valence-corrected chi connectivity index (χ4v) is 2.54. The minimum absolute atomic E-state index is 0.0415. The molecule has 0 saturated heterocycles. The molecule has 3 heteroatoms. The van der Waals surface area contributed by atoms with Crippen LogP contribution in [0, 0.1) is 11.3 Å². The SMILES string of the molecule is N#CCOC1CCCCC1(O)c1ccccc1. The van der Waals surface area contributed by atoms with E-state index in [9.17, 15) is 5.11 Å². The normalized spacial score (nSPS) is 28.6. The van der Waals surface area contributed by atoms with E-state index < -0.39 is 5.60 Å². The summed E-state index contributed by atoms with van der Waals surface area (Å²) < 4.78 is 5.49. The highest BCUT2D eigenvalue weighted by atomic mass is 16.5. The second-order valence-corrected chi connectivity index (χ2v) is 4.49. The van der Waals surface area contributed by atoms with Crippen LogP contribution in [-0.4, -0.2) is 17.8 Å². The van der Waals surface area contributed by atoms with Crippen molar-refractivity contribution in [3.05, 3.63) is 35.9 Å². The predicted molar refractivity (Wildman–Crippen MR) is 64.2 cm³/mol. The molecule has 3 nitrogen and oxygen atoms in total. The van der Waals surface area contributed by atoms with Crippen LogP contribution in [0.3, 0.4) is 0 Å². The van der Waals surface area contributed by atoms with Crippen molar-refractivity contribution < 1.29 is 9.84 Å². The van der Waals surface area contributed by atoms with Crippen LogP contribution < -0.4 is 0 Å². The summed E-state index contributed by atoms with van der Waals surface area (Å²) in [4.78, 5) is 0. The van der Waals surface area contributed by atoms with E-state index in [1.165, 1.54) is 0 Å². The molecule has 1 saturated carbocycles. The van der Waals surface area contributed by atoms with E-state index in [-0.39, 0.29) is 12.7 Å². The maximum absolute atomic E-state index is 10.8. The number of nitrogens with zero attached hydrogens (tertiary/aromatic N) is 1. The van der Waals surface area contributed by atoms with Crippen LogP contribution in [0.1, 0.15) is 31.2 Å². The Kier molecular flexibility index (Phi) is 3.78. The molecule has 0 aromatic heterocycles. The summed E-state index contributed by atoms with van der Waals surface area (Å²) in [6, 6.07) is 11.6. The molecule has 2 rings (SSSR count). The Hall–Kier alpha value is -1.37. The van der Waals surface area contributed by atoms with Gasteiger partial charge in [-0.2, -0.15) is 5.26 Å². The van der Waals surface area contributed by atoms with Gasteiger partial charge in [-0.25, -0.2) is 0 Å². The molecule has 0 radical (unpaired) electrons. The highest BCUT2D eigenvalue weighted by Crippen LogP contribution is 2.38. The van der Waals surface area contributed by atoms with Gasteiger partial charge in [-0.3, -0.25) is 0 Å². The highest BCUT2D eigenvalue weighted by molar-refractivity contribution is 5.24. The molecule has 0 amide bonds. The van der Waals surface area contributed by atoms with Crippen molar-refractivity contribution in [2.24, 2.45) is 0 Å². The van der Waals surface area contributed by atoms with Crippen molar-refractivity contribution in [1.82, 2.24) is 0 Å². The van der Waals surface area contributed by atoms with Gasteiger partial charge in [0.1, 0.15) is 12.2 Å². The van der Waals surface area contributed by atoms with Crippen LogP contribution >= 0.6 is 0 Å². The fraction of sp³-hybridized carbons (Fsp3) is 0.500. The Morgan fingerprint density at radius 2 is 2.12 bits per heavy atom. The Morgan fingerprint density at radius 1 is 1.35 bits per heavy atom. The summed E-state index contributed by atoms with van der Waals surface area (Å²) in [6.07, 6.45) is 3.29. The van der Waals surface area contributed by atoms with Gasteiger partial charge in [-0.1, -0.05) is 43.2 Å². The van der Waals surface area contributed by atoms with Crippen molar-refractivity contribution in [3.63, 3.8) is 0 Å². The van der Waals surface area contributed by atoms with Gasteiger partial charge in [0.15, 0.2) is 0 Å². The van der Waals surface area contributed by atoms with Gasteiger partial charge in [0, 0.05) is 0 Å². The van der Waals surface area contributed by atoms with Gasteiger partial charge < -0.3 is 9.84 Å². The van der Waals surface area contributed by atoms with E-state index in [4.69, 9.17) is 10.00 Å². The molecule has 17 heavy (non-hydrogen) atoms. The molecule has 0 bridgehead atoms. The van der Waals surface area contributed by atoms with Gasteiger partial charge >= 0.3 is 0 Å². The second kappa shape index (κ2) is 5.31. The number of benzene rings is 1. The lowest BCUT2D eigenvalue weighted by Gasteiger charge is -2.39. The molecule has 2 unspecified atom stereocenters. The van der Waals surface area contributed by atoms with E-state index in [1.54, 1.807) is 0 Å².